The van der Waals surface area contributed by atoms with Crippen LogP contribution in [0.5, 0.6) is 0 Å². The standard InChI is InChI=1S/C21H26N4O5S/c1-17(7-8-18-5-3-2-4-6-18)22-21(26)23-13-15-24(16-14-23)31(29,30)20-11-9-19(10-12-20)25(27)28/h2-6,9-12,17H,7-8,13-16H2,1H3,(H,22,26)/t17-/m1/s1. The molecule has 2 aromatic carbocycles. The Balaban J connectivity index is 1.50. The maximum absolute atomic E-state index is 12.8. The number of carbonyl (C=O) groups is 1. The molecule has 0 spiro atoms. The number of urea groups is 1. The molecular weight excluding hydrogens is 420 g/mol. The molecule has 1 atom stereocenters. The van der Waals surface area contributed by atoms with Gasteiger partial charge in [-0.2, -0.15) is 4.31 Å². The van der Waals surface area contributed by atoms with Crippen molar-refractivity contribution in [2.45, 2.75) is 30.7 Å². The van der Waals surface area contributed by atoms with Gasteiger partial charge in [-0.3, -0.25) is 10.1 Å². The van der Waals surface area contributed by atoms with Gasteiger partial charge in [0.05, 0.1) is 9.82 Å². The van der Waals surface area contributed by atoms with E-state index in [0.29, 0.717) is 0 Å². The number of sulfonamides is 1. The first-order valence-electron chi connectivity index (χ1n) is 10.1. The van der Waals surface area contributed by atoms with Gasteiger partial charge >= 0.3 is 6.03 Å². The van der Waals surface area contributed by atoms with Gasteiger partial charge in [-0.15, -0.1) is 0 Å². The number of hydrogen-bond acceptors (Lipinski definition) is 5. The zero-order valence-corrected chi connectivity index (χ0v) is 18.1. The largest absolute Gasteiger partial charge is 0.336 e. The molecule has 0 unspecified atom stereocenters. The lowest BCUT2D eigenvalue weighted by atomic mass is 10.1. The first-order valence-corrected chi connectivity index (χ1v) is 11.6. The maximum Gasteiger partial charge on any atom is 0.317 e. The van der Waals surface area contributed by atoms with Crippen LogP contribution in [0.3, 0.4) is 0 Å². The topological polar surface area (TPSA) is 113 Å². The second kappa shape index (κ2) is 9.88. The van der Waals surface area contributed by atoms with Crippen LogP contribution in [0, 0.1) is 10.1 Å². The third kappa shape index (κ3) is 5.80. The van der Waals surface area contributed by atoms with E-state index >= 15 is 0 Å². The van der Waals surface area contributed by atoms with Crippen LogP contribution in [0.1, 0.15) is 18.9 Å². The molecule has 2 amide bonds. The van der Waals surface area contributed by atoms with Gasteiger partial charge in [-0.1, -0.05) is 30.3 Å². The molecule has 0 saturated carbocycles. The van der Waals surface area contributed by atoms with Gasteiger partial charge in [0.1, 0.15) is 0 Å². The van der Waals surface area contributed by atoms with Crippen molar-refractivity contribution in [2.75, 3.05) is 26.2 Å². The van der Waals surface area contributed by atoms with Gasteiger partial charge in [0.2, 0.25) is 10.0 Å². The van der Waals surface area contributed by atoms with Crippen molar-refractivity contribution >= 4 is 21.7 Å². The predicted molar refractivity (Wildman–Crippen MR) is 116 cm³/mol. The van der Waals surface area contributed by atoms with Crippen LogP contribution < -0.4 is 5.32 Å². The molecule has 0 radical (unpaired) electrons. The van der Waals surface area contributed by atoms with Gasteiger partial charge in [-0.25, -0.2) is 13.2 Å². The smallest absolute Gasteiger partial charge is 0.317 e. The summed E-state index contributed by atoms with van der Waals surface area (Å²) in [6.45, 7) is 2.86. The number of benzene rings is 2. The fourth-order valence-electron chi connectivity index (χ4n) is 3.42. The predicted octanol–water partition coefficient (Wildman–Crippen LogP) is 2.63. The Labute approximate surface area is 181 Å². The summed E-state index contributed by atoms with van der Waals surface area (Å²) >= 11 is 0. The van der Waals surface area contributed by atoms with Crippen molar-refractivity contribution in [1.29, 1.82) is 0 Å². The molecule has 10 heteroatoms. The number of rotatable bonds is 7. The fraction of sp³-hybridized carbons (Fsp3) is 0.381. The van der Waals surface area contributed by atoms with Crippen molar-refractivity contribution in [3.05, 3.63) is 70.3 Å². The number of carbonyl (C=O) groups excluding carboxylic acids is 1. The molecule has 9 nitrogen and oxygen atoms in total. The van der Waals surface area contributed by atoms with Gasteiger partial charge in [0.25, 0.3) is 5.69 Å². The van der Waals surface area contributed by atoms with Crippen LogP contribution in [0.2, 0.25) is 0 Å². The van der Waals surface area contributed by atoms with Gasteiger partial charge < -0.3 is 10.2 Å². The second-order valence-corrected chi connectivity index (χ2v) is 9.45. The summed E-state index contributed by atoms with van der Waals surface area (Å²) in [4.78, 5) is 24.3. The molecule has 1 aliphatic heterocycles. The fourth-order valence-corrected chi connectivity index (χ4v) is 4.84. The number of nitrogens with one attached hydrogen (secondary N) is 1. The van der Waals surface area contributed by atoms with Crippen molar-refractivity contribution in [1.82, 2.24) is 14.5 Å². The quantitative estimate of drug-likeness (QED) is 0.519. The molecule has 0 bridgehead atoms. The van der Waals surface area contributed by atoms with E-state index in [9.17, 15) is 23.3 Å². The minimum Gasteiger partial charge on any atom is -0.336 e. The van der Waals surface area contributed by atoms with Crippen LogP contribution in [0.15, 0.2) is 59.5 Å². The summed E-state index contributed by atoms with van der Waals surface area (Å²) in [5.74, 6) is 0. The van der Waals surface area contributed by atoms with Crippen LogP contribution >= 0.6 is 0 Å². The first kappa shape index (κ1) is 22.7. The number of amides is 2. The van der Waals surface area contributed by atoms with Gasteiger partial charge in [-0.05, 0) is 37.5 Å². The lowest BCUT2D eigenvalue weighted by molar-refractivity contribution is -0.384. The highest BCUT2D eigenvalue weighted by Gasteiger charge is 2.30. The van der Waals surface area contributed by atoms with E-state index in [1.807, 2.05) is 25.1 Å². The zero-order valence-electron chi connectivity index (χ0n) is 17.3. The van der Waals surface area contributed by atoms with Crippen molar-refractivity contribution in [2.24, 2.45) is 0 Å². The summed E-state index contributed by atoms with van der Waals surface area (Å²) in [6, 6.07) is 14.7. The molecule has 0 aromatic heterocycles. The molecule has 166 valence electrons. The summed E-state index contributed by atoms with van der Waals surface area (Å²) in [5.41, 5.74) is 1.05. The Morgan fingerprint density at radius 2 is 1.68 bits per heavy atom. The van der Waals surface area contributed by atoms with Gasteiger partial charge in [0, 0.05) is 44.4 Å². The molecule has 2 aromatic rings. The maximum atomic E-state index is 12.8. The van der Waals surface area contributed by atoms with E-state index < -0.39 is 14.9 Å². The molecular formula is C21H26N4O5S. The van der Waals surface area contributed by atoms with E-state index in [1.165, 1.54) is 34.1 Å². The Bertz CT molecular complexity index is 1000. The molecule has 1 heterocycles. The summed E-state index contributed by atoms with van der Waals surface area (Å²) < 4.78 is 26.9. The van der Waals surface area contributed by atoms with E-state index in [2.05, 4.69) is 17.4 Å². The zero-order chi connectivity index (χ0) is 22.4. The molecule has 0 aliphatic carbocycles. The minimum atomic E-state index is -3.76. The third-order valence-corrected chi connectivity index (χ3v) is 7.20. The molecule has 31 heavy (non-hydrogen) atoms. The van der Waals surface area contributed by atoms with Crippen molar-refractivity contribution in [3.63, 3.8) is 0 Å². The number of nitro groups is 1. The highest BCUT2D eigenvalue weighted by Crippen LogP contribution is 2.21. The summed E-state index contributed by atoms with van der Waals surface area (Å²) in [6.07, 6.45) is 1.67. The lowest BCUT2D eigenvalue weighted by Gasteiger charge is -2.34. The molecule has 1 aliphatic rings. The average molecular weight is 447 g/mol. The number of aryl methyl sites for hydroxylation is 1. The normalized spacial score (nSPS) is 16.0. The average Bonchev–Trinajstić information content (AvgIpc) is 2.78. The molecule has 3 rings (SSSR count). The van der Waals surface area contributed by atoms with E-state index in [-0.39, 0.29) is 48.8 Å². The Morgan fingerprint density at radius 1 is 1.06 bits per heavy atom. The minimum absolute atomic E-state index is 0.00502. The van der Waals surface area contributed by atoms with E-state index in [4.69, 9.17) is 0 Å². The van der Waals surface area contributed by atoms with Crippen LogP contribution in [0.25, 0.3) is 0 Å². The number of piperazine rings is 1. The van der Waals surface area contributed by atoms with Crippen LogP contribution in [-0.4, -0.2) is 60.8 Å². The number of nitro benzene ring substituents is 1. The van der Waals surface area contributed by atoms with E-state index in [1.54, 1.807) is 4.90 Å². The first-order chi connectivity index (χ1) is 14.8. The SMILES string of the molecule is C[C@H](CCc1ccccc1)NC(=O)N1CCN(S(=O)(=O)c2ccc([N+](=O)[O-])cc2)CC1. The molecule has 1 N–H and O–H groups in total. The summed E-state index contributed by atoms with van der Waals surface area (Å²) in [5, 5.41) is 13.7. The number of non-ortho nitro benzene ring substituents is 1. The monoisotopic (exact) mass is 446 g/mol. The van der Waals surface area contributed by atoms with Crippen molar-refractivity contribution in [3.8, 4) is 0 Å². The molecule has 1 saturated heterocycles. The highest BCUT2D eigenvalue weighted by atomic mass is 32.2. The van der Waals surface area contributed by atoms with Crippen LogP contribution in [-0.2, 0) is 16.4 Å². The third-order valence-electron chi connectivity index (χ3n) is 5.29. The molecule has 1 fully saturated rings. The Morgan fingerprint density at radius 3 is 2.26 bits per heavy atom. The van der Waals surface area contributed by atoms with E-state index in [0.717, 1.165) is 12.8 Å². The van der Waals surface area contributed by atoms with Gasteiger partial charge in [0.15, 0.2) is 0 Å². The van der Waals surface area contributed by atoms with Crippen molar-refractivity contribution < 1.29 is 18.1 Å². The second-order valence-electron chi connectivity index (χ2n) is 7.52. The Hall–Kier alpha value is -2.98. The highest BCUT2D eigenvalue weighted by molar-refractivity contribution is 7.89. The Kier molecular flexibility index (Phi) is 7.24. The van der Waals surface area contributed by atoms with Crippen LogP contribution in [0.4, 0.5) is 10.5 Å². The summed E-state index contributed by atoms with van der Waals surface area (Å²) in [7, 11) is -3.76. The lowest BCUT2D eigenvalue weighted by Crippen LogP contribution is -2.54. The number of nitrogens with zero attached hydrogens (tertiary/aromatic N) is 3. The number of hydrogen-bond donors (Lipinski definition) is 1.